The highest BCUT2D eigenvalue weighted by molar-refractivity contribution is 5.76. The number of hydrogen-bond acceptors (Lipinski definition) is 9. The molecule has 2 unspecified atom stereocenters. The molecule has 2 atom stereocenters. The Morgan fingerprint density at radius 1 is 0.387 bits per heavy atom. The smallest absolute Gasteiger partial charge is 0.308 e. The number of carboxylic acids is 1. The SMILES string of the molecule is CCCCCCCCC(CCCCCC)C(=O)OCCCCCCN(CCCCCCOC(=O)C(CCCCCC)CCCCCCCC)CCOCCOC(=O)CCC(=O)O. The maximum Gasteiger partial charge on any atom is 0.308 e. The molecule has 0 aromatic heterocycles. The Balaban J connectivity index is 4.74. The van der Waals surface area contributed by atoms with Gasteiger partial charge in [-0.25, -0.2) is 0 Å². The van der Waals surface area contributed by atoms with Gasteiger partial charge in [0.15, 0.2) is 0 Å². The van der Waals surface area contributed by atoms with Gasteiger partial charge in [0.1, 0.15) is 6.61 Å². The van der Waals surface area contributed by atoms with E-state index in [0.717, 1.165) is 122 Å². The Labute approximate surface area is 381 Å². The molecule has 0 spiro atoms. The van der Waals surface area contributed by atoms with Crippen LogP contribution < -0.4 is 0 Å². The fourth-order valence-corrected chi connectivity index (χ4v) is 8.03. The van der Waals surface area contributed by atoms with Gasteiger partial charge in [-0.15, -0.1) is 0 Å². The molecule has 0 bridgehead atoms. The topological polar surface area (TPSA) is 129 Å². The van der Waals surface area contributed by atoms with Crippen LogP contribution in [0.4, 0.5) is 0 Å². The number of unbranched alkanes of at least 4 members (excludes halogenated alkanes) is 22. The number of aliphatic carboxylic acids is 1. The highest BCUT2D eigenvalue weighted by atomic mass is 16.6. The number of nitrogens with zero attached hydrogens (tertiary/aromatic N) is 1. The predicted octanol–water partition coefficient (Wildman–Crippen LogP) is 13.6. The molecule has 1 N–H and O–H groups in total. The van der Waals surface area contributed by atoms with Crippen LogP contribution in [-0.2, 0) is 38.1 Å². The van der Waals surface area contributed by atoms with Gasteiger partial charge in [0.2, 0.25) is 0 Å². The largest absolute Gasteiger partial charge is 0.481 e. The molecule has 0 aliphatic carbocycles. The maximum absolute atomic E-state index is 13.1. The fourth-order valence-electron chi connectivity index (χ4n) is 8.03. The number of esters is 3. The average Bonchev–Trinajstić information content (AvgIpc) is 3.26. The summed E-state index contributed by atoms with van der Waals surface area (Å²) in [5.41, 5.74) is 0. The molecular formula is C52H99NO9. The molecule has 0 fully saturated rings. The van der Waals surface area contributed by atoms with E-state index in [1.807, 2.05) is 0 Å². The molecule has 62 heavy (non-hydrogen) atoms. The lowest BCUT2D eigenvalue weighted by Gasteiger charge is -2.22. The molecule has 0 rings (SSSR count). The lowest BCUT2D eigenvalue weighted by molar-refractivity contribution is -0.150. The van der Waals surface area contributed by atoms with E-state index >= 15 is 0 Å². The van der Waals surface area contributed by atoms with Gasteiger partial charge in [0, 0.05) is 6.54 Å². The Morgan fingerprint density at radius 3 is 1.18 bits per heavy atom. The summed E-state index contributed by atoms with van der Waals surface area (Å²) in [5, 5.41) is 8.76. The minimum Gasteiger partial charge on any atom is -0.481 e. The van der Waals surface area contributed by atoms with Crippen LogP contribution >= 0.6 is 0 Å². The van der Waals surface area contributed by atoms with Crippen molar-refractivity contribution < 1.29 is 43.2 Å². The van der Waals surface area contributed by atoms with E-state index in [4.69, 9.17) is 24.1 Å². The van der Waals surface area contributed by atoms with Gasteiger partial charge in [0.05, 0.1) is 51.1 Å². The molecule has 0 aliphatic rings. The zero-order valence-corrected chi connectivity index (χ0v) is 41.0. The van der Waals surface area contributed by atoms with Crippen LogP contribution in [0.3, 0.4) is 0 Å². The first-order valence-corrected chi connectivity index (χ1v) is 26.3. The van der Waals surface area contributed by atoms with E-state index < -0.39 is 11.9 Å². The summed E-state index contributed by atoms with van der Waals surface area (Å²) in [7, 11) is 0. The van der Waals surface area contributed by atoms with E-state index in [0.29, 0.717) is 19.8 Å². The summed E-state index contributed by atoms with van der Waals surface area (Å²) < 4.78 is 22.5. The van der Waals surface area contributed by atoms with E-state index in [1.165, 1.54) is 103 Å². The van der Waals surface area contributed by atoms with Crippen molar-refractivity contribution in [1.29, 1.82) is 0 Å². The minimum atomic E-state index is -1.02. The first kappa shape index (κ1) is 59.8. The van der Waals surface area contributed by atoms with Crippen LogP contribution in [0.1, 0.15) is 246 Å². The Bertz CT molecular complexity index is 966. The van der Waals surface area contributed by atoms with Gasteiger partial charge in [0.25, 0.3) is 0 Å². The van der Waals surface area contributed by atoms with Crippen LogP contribution in [0, 0.1) is 11.8 Å². The summed E-state index contributed by atoms with van der Waals surface area (Å²) in [6, 6.07) is 0. The molecule has 0 amide bonds. The molecule has 10 heteroatoms. The number of ether oxygens (including phenoxy) is 4. The standard InChI is InChI=1S/C52H99NO9/c1-5-9-13-17-19-27-35-47(33-25-15-11-7-3)51(57)61-42-31-23-21-29-39-53(41-44-59-45-46-60-50(56)38-37-49(54)55)40-30-22-24-32-43-62-52(58)48(34-26-16-12-8-4)36-28-20-18-14-10-6-2/h47-48H,5-46H2,1-4H3,(H,54,55). The van der Waals surface area contributed by atoms with Crippen LogP contribution in [0.5, 0.6) is 0 Å². The van der Waals surface area contributed by atoms with Crippen molar-refractivity contribution >= 4 is 23.9 Å². The molecule has 0 saturated carbocycles. The molecule has 0 radical (unpaired) electrons. The second kappa shape index (κ2) is 46.8. The van der Waals surface area contributed by atoms with Gasteiger partial charge in [-0.05, 0) is 64.5 Å². The molecule has 0 heterocycles. The van der Waals surface area contributed by atoms with Crippen molar-refractivity contribution in [2.45, 2.75) is 246 Å². The summed E-state index contributed by atoms with van der Waals surface area (Å²) in [6.07, 6.45) is 35.9. The molecule has 0 saturated heterocycles. The van der Waals surface area contributed by atoms with Crippen LogP contribution in [0.15, 0.2) is 0 Å². The highest BCUT2D eigenvalue weighted by Gasteiger charge is 2.20. The lowest BCUT2D eigenvalue weighted by atomic mass is 9.94. The third kappa shape index (κ3) is 40.6. The van der Waals surface area contributed by atoms with Crippen molar-refractivity contribution in [3.63, 3.8) is 0 Å². The van der Waals surface area contributed by atoms with E-state index in [1.54, 1.807) is 0 Å². The van der Waals surface area contributed by atoms with E-state index in [9.17, 15) is 19.2 Å². The van der Waals surface area contributed by atoms with E-state index in [2.05, 4.69) is 32.6 Å². The van der Waals surface area contributed by atoms with Gasteiger partial charge in [-0.2, -0.15) is 0 Å². The normalized spacial score (nSPS) is 12.4. The van der Waals surface area contributed by atoms with Crippen molar-refractivity contribution in [2.24, 2.45) is 11.8 Å². The van der Waals surface area contributed by atoms with Gasteiger partial charge in [-0.1, -0.05) is 182 Å². The third-order valence-corrected chi connectivity index (χ3v) is 12.1. The Hall–Kier alpha value is -2.20. The third-order valence-electron chi connectivity index (χ3n) is 12.1. The maximum atomic E-state index is 13.1. The number of carboxylic acid groups (broad SMARTS) is 1. The minimum absolute atomic E-state index is 0.0138. The molecular weight excluding hydrogens is 783 g/mol. The van der Waals surface area contributed by atoms with Crippen molar-refractivity contribution in [1.82, 2.24) is 4.90 Å². The second-order valence-electron chi connectivity index (χ2n) is 17.9. The second-order valence-corrected chi connectivity index (χ2v) is 17.9. The average molecular weight is 882 g/mol. The molecule has 0 aliphatic heterocycles. The van der Waals surface area contributed by atoms with Crippen LogP contribution in [0.2, 0.25) is 0 Å². The van der Waals surface area contributed by atoms with Gasteiger partial charge >= 0.3 is 23.9 Å². The number of carbonyl (C=O) groups is 4. The predicted molar refractivity (Wildman–Crippen MR) is 254 cm³/mol. The Morgan fingerprint density at radius 2 is 0.758 bits per heavy atom. The summed E-state index contributed by atoms with van der Waals surface area (Å²) in [4.78, 5) is 51.0. The highest BCUT2D eigenvalue weighted by Crippen LogP contribution is 2.22. The number of carbonyl (C=O) groups excluding carboxylic acids is 3. The van der Waals surface area contributed by atoms with Gasteiger partial charge < -0.3 is 29.0 Å². The van der Waals surface area contributed by atoms with Crippen LogP contribution in [-0.4, -0.2) is 86.6 Å². The van der Waals surface area contributed by atoms with Crippen LogP contribution in [0.25, 0.3) is 0 Å². The molecule has 10 nitrogen and oxygen atoms in total. The zero-order chi connectivity index (χ0) is 45.6. The fraction of sp³-hybridized carbons (Fsp3) is 0.923. The van der Waals surface area contributed by atoms with Crippen molar-refractivity contribution in [3.8, 4) is 0 Å². The molecule has 0 aromatic rings. The lowest BCUT2D eigenvalue weighted by Crippen LogP contribution is -2.30. The zero-order valence-electron chi connectivity index (χ0n) is 41.0. The van der Waals surface area contributed by atoms with E-state index in [-0.39, 0.29) is 49.8 Å². The monoisotopic (exact) mass is 882 g/mol. The summed E-state index contributed by atoms with van der Waals surface area (Å²) in [5.74, 6) is -1.42. The number of rotatable bonds is 49. The number of hydrogen-bond donors (Lipinski definition) is 1. The first-order chi connectivity index (χ1) is 30.3. The van der Waals surface area contributed by atoms with Gasteiger partial charge in [-0.3, -0.25) is 19.2 Å². The molecule has 366 valence electrons. The van der Waals surface area contributed by atoms with Crippen molar-refractivity contribution in [2.75, 3.05) is 52.7 Å². The summed E-state index contributed by atoms with van der Waals surface area (Å²) in [6.45, 7) is 13.6. The first-order valence-electron chi connectivity index (χ1n) is 26.3. The van der Waals surface area contributed by atoms with Crippen molar-refractivity contribution in [3.05, 3.63) is 0 Å². The quantitative estimate of drug-likeness (QED) is 0.0358. The molecule has 0 aromatic carbocycles. The Kier molecular flexibility index (Phi) is 45.1. The summed E-state index contributed by atoms with van der Waals surface area (Å²) >= 11 is 0.